The van der Waals surface area contributed by atoms with Crippen LogP contribution >= 0.6 is 11.6 Å². The molecule has 0 bridgehead atoms. The summed E-state index contributed by atoms with van der Waals surface area (Å²) < 4.78 is 28.5. The largest absolute Gasteiger partial charge is 0.382 e. The quantitative estimate of drug-likeness (QED) is 0.796. The standard InChI is InChI=1S/C11H13ClN4O2/c1-17-4-7-2-3-8(18-7)16-6-15-9-10(12)13-5-14-11(9)16/h5-8H,2-4H2,1H3/t7-,8-/m1/s1/i2D,3D/t2-,3+,7-,8-. The maximum atomic E-state index is 8.12. The predicted octanol–water partition coefficient (Wildman–Crippen LogP) is 1.80. The Hall–Kier alpha value is -1.24. The third kappa shape index (κ3) is 1.96. The van der Waals surface area contributed by atoms with Gasteiger partial charge in [0.15, 0.2) is 10.8 Å². The number of hydrogen-bond donors (Lipinski definition) is 0. The molecule has 1 saturated heterocycles. The maximum Gasteiger partial charge on any atom is 0.166 e. The molecular formula is C11H13ClN4O2. The zero-order valence-electron chi connectivity index (χ0n) is 11.7. The summed E-state index contributed by atoms with van der Waals surface area (Å²) >= 11 is 5.95. The Morgan fingerprint density at radius 2 is 2.44 bits per heavy atom. The average molecular weight is 271 g/mol. The van der Waals surface area contributed by atoms with Crippen LogP contribution in [0.1, 0.15) is 21.8 Å². The first-order valence-corrected chi connectivity index (χ1v) is 5.83. The monoisotopic (exact) mass is 270 g/mol. The van der Waals surface area contributed by atoms with Crippen LogP contribution in [-0.2, 0) is 9.47 Å². The van der Waals surface area contributed by atoms with Crippen molar-refractivity contribution in [2.45, 2.75) is 25.1 Å². The van der Waals surface area contributed by atoms with Gasteiger partial charge in [-0.05, 0) is 12.8 Å². The number of hydrogen-bond acceptors (Lipinski definition) is 5. The van der Waals surface area contributed by atoms with E-state index >= 15 is 0 Å². The van der Waals surface area contributed by atoms with E-state index in [0.717, 1.165) is 0 Å². The molecule has 3 rings (SSSR count). The van der Waals surface area contributed by atoms with Crippen LogP contribution in [0.15, 0.2) is 12.7 Å². The van der Waals surface area contributed by atoms with Gasteiger partial charge in [0, 0.05) is 9.85 Å². The van der Waals surface area contributed by atoms with Crippen LogP contribution in [0.4, 0.5) is 0 Å². The van der Waals surface area contributed by atoms with Crippen LogP contribution in [0.5, 0.6) is 0 Å². The van der Waals surface area contributed by atoms with Crippen LogP contribution in [0.25, 0.3) is 11.2 Å². The Labute approximate surface area is 112 Å². The summed E-state index contributed by atoms with van der Waals surface area (Å²) in [4.78, 5) is 12.1. The highest BCUT2D eigenvalue weighted by Gasteiger charge is 2.28. The average Bonchev–Trinajstić information content (AvgIpc) is 2.97. The number of ether oxygens (including phenoxy) is 2. The molecule has 0 spiro atoms. The van der Waals surface area contributed by atoms with Crippen molar-refractivity contribution >= 4 is 22.8 Å². The Balaban J connectivity index is 1.97. The summed E-state index contributed by atoms with van der Waals surface area (Å²) in [6, 6.07) is 0. The maximum absolute atomic E-state index is 8.12. The molecule has 18 heavy (non-hydrogen) atoms. The fourth-order valence-corrected chi connectivity index (χ4v) is 2.09. The second-order valence-electron chi connectivity index (χ2n) is 3.89. The van der Waals surface area contributed by atoms with E-state index in [-0.39, 0.29) is 11.8 Å². The zero-order chi connectivity index (χ0) is 14.3. The number of fused-ring (bicyclic) bond motifs is 1. The smallest absolute Gasteiger partial charge is 0.166 e. The van der Waals surface area contributed by atoms with E-state index < -0.39 is 25.1 Å². The number of halogens is 1. The zero-order valence-corrected chi connectivity index (χ0v) is 10.4. The van der Waals surface area contributed by atoms with E-state index in [4.69, 9.17) is 23.8 Å². The van der Waals surface area contributed by atoms with Crippen LogP contribution in [0.2, 0.25) is 5.15 Å². The van der Waals surface area contributed by atoms with E-state index in [2.05, 4.69) is 15.0 Å². The molecule has 0 saturated carbocycles. The lowest BCUT2D eigenvalue weighted by Crippen LogP contribution is -2.15. The van der Waals surface area contributed by atoms with Gasteiger partial charge in [0.25, 0.3) is 0 Å². The predicted molar refractivity (Wildman–Crippen MR) is 65.4 cm³/mol. The number of nitrogens with zero attached hydrogens (tertiary/aromatic N) is 4. The molecule has 0 radical (unpaired) electrons. The molecule has 6 nitrogen and oxygen atoms in total. The molecule has 0 N–H and O–H groups in total. The summed E-state index contributed by atoms with van der Waals surface area (Å²) in [6.07, 6.45) is 0.341. The number of imidazole rings is 1. The van der Waals surface area contributed by atoms with E-state index in [0.29, 0.717) is 11.2 Å². The molecule has 2 aromatic heterocycles. The van der Waals surface area contributed by atoms with Crippen LogP contribution in [0.3, 0.4) is 0 Å². The van der Waals surface area contributed by atoms with Crippen molar-refractivity contribution in [3.8, 4) is 0 Å². The van der Waals surface area contributed by atoms with Crippen molar-refractivity contribution in [1.82, 2.24) is 19.5 Å². The summed E-state index contributed by atoms with van der Waals surface area (Å²) in [6.45, 7) is 0.280. The van der Waals surface area contributed by atoms with Crippen molar-refractivity contribution in [3.05, 3.63) is 17.8 Å². The van der Waals surface area contributed by atoms with Gasteiger partial charge in [-0.25, -0.2) is 15.0 Å². The fraction of sp³-hybridized carbons (Fsp3) is 0.545. The Kier molecular flexibility index (Phi) is 2.57. The van der Waals surface area contributed by atoms with Gasteiger partial charge >= 0.3 is 0 Å². The number of rotatable bonds is 3. The van der Waals surface area contributed by atoms with Crippen LogP contribution < -0.4 is 0 Å². The number of aromatic nitrogens is 4. The second kappa shape index (κ2) is 4.79. The topological polar surface area (TPSA) is 62.1 Å². The Bertz CT molecular complexity index is 625. The minimum absolute atomic E-state index is 0.254. The minimum atomic E-state index is -0.749. The molecule has 0 amide bonds. The highest BCUT2D eigenvalue weighted by molar-refractivity contribution is 6.33. The molecule has 4 atom stereocenters. The molecule has 0 aromatic carbocycles. The summed E-state index contributed by atoms with van der Waals surface area (Å²) in [5.41, 5.74) is 0.958. The van der Waals surface area contributed by atoms with Crippen LogP contribution in [-0.4, -0.2) is 39.3 Å². The highest BCUT2D eigenvalue weighted by Crippen LogP contribution is 2.31. The van der Waals surface area contributed by atoms with Gasteiger partial charge in [0.2, 0.25) is 0 Å². The normalized spacial score (nSPS) is 33.7. The third-order valence-corrected chi connectivity index (χ3v) is 3.00. The van der Waals surface area contributed by atoms with Gasteiger partial charge in [-0.3, -0.25) is 4.57 Å². The molecule has 7 heteroatoms. The summed E-state index contributed by atoms with van der Waals surface area (Å²) in [5, 5.41) is 0.254. The minimum Gasteiger partial charge on any atom is -0.382 e. The fourth-order valence-electron chi connectivity index (χ4n) is 1.92. The lowest BCUT2D eigenvalue weighted by Gasteiger charge is -2.14. The van der Waals surface area contributed by atoms with E-state index in [1.165, 1.54) is 12.7 Å². The van der Waals surface area contributed by atoms with Crippen molar-refractivity contribution < 1.29 is 12.2 Å². The van der Waals surface area contributed by atoms with E-state index in [1.54, 1.807) is 11.7 Å². The molecule has 3 heterocycles. The Morgan fingerprint density at radius 1 is 1.56 bits per heavy atom. The van der Waals surface area contributed by atoms with Gasteiger partial charge in [-0.1, -0.05) is 11.6 Å². The molecule has 1 aliphatic rings. The molecule has 2 aromatic rings. The number of methoxy groups -OCH3 is 1. The molecular weight excluding hydrogens is 256 g/mol. The second-order valence-corrected chi connectivity index (χ2v) is 4.25. The first kappa shape index (κ1) is 9.66. The molecule has 0 aliphatic carbocycles. The van der Waals surface area contributed by atoms with Crippen molar-refractivity contribution in [3.63, 3.8) is 0 Å². The first-order valence-electron chi connectivity index (χ1n) is 6.61. The lowest BCUT2D eigenvalue weighted by atomic mass is 10.2. The van der Waals surface area contributed by atoms with Crippen molar-refractivity contribution in [1.29, 1.82) is 0 Å². The first-order chi connectivity index (χ1) is 9.63. The van der Waals surface area contributed by atoms with E-state index in [9.17, 15) is 0 Å². The third-order valence-electron chi connectivity index (χ3n) is 2.72. The van der Waals surface area contributed by atoms with Gasteiger partial charge in [-0.15, -0.1) is 0 Å². The van der Waals surface area contributed by atoms with Gasteiger partial charge in [0.1, 0.15) is 18.1 Å². The Morgan fingerprint density at radius 3 is 3.28 bits per heavy atom. The van der Waals surface area contributed by atoms with Gasteiger partial charge in [-0.2, -0.15) is 0 Å². The lowest BCUT2D eigenvalue weighted by molar-refractivity contribution is -0.0300. The van der Waals surface area contributed by atoms with Crippen LogP contribution in [0, 0.1) is 0 Å². The molecule has 96 valence electrons. The molecule has 1 fully saturated rings. The van der Waals surface area contributed by atoms with Crippen molar-refractivity contribution in [2.24, 2.45) is 0 Å². The van der Waals surface area contributed by atoms with Crippen molar-refractivity contribution in [2.75, 3.05) is 13.7 Å². The van der Waals surface area contributed by atoms with E-state index in [1.807, 2.05) is 0 Å². The SMILES string of the molecule is [2H][C@@H]1[C@H]([2H])[C@H](n2cnc3c(Cl)ncnc32)O[C@H]1COC. The summed E-state index contributed by atoms with van der Waals surface area (Å²) in [5.74, 6) is 0. The van der Waals surface area contributed by atoms with Gasteiger partial charge < -0.3 is 9.47 Å². The molecule has 1 aliphatic heterocycles. The molecule has 0 unspecified atom stereocenters. The highest BCUT2D eigenvalue weighted by atomic mass is 35.5. The van der Waals surface area contributed by atoms with Gasteiger partial charge in [0.05, 0.1) is 19.0 Å². The summed E-state index contributed by atoms with van der Waals surface area (Å²) in [7, 11) is 1.54.